The Labute approximate surface area is 107 Å². The van der Waals surface area contributed by atoms with Crippen LogP contribution in [0.25, 0.3) is 0 Å². The Hall–Kier alpha value is -2.07. The van der Waals surface area contributed by atoms with Crippen LogP contribution in [0.3, 0.4) is 0 Å². The molecule has 0 amide bonds. The third kappa shape index (κ3) is 2.99. The highest BCUT2D eigenvalue weighted by Crippen LogP contribution is 2.16. The van der Waals surface area contributed by atoms with Crippen molar-refractivity contribution < 1.29 is 0 Å². The van der Waals surface area contributed by atoms with E-state index in [4.69, 9.17) is 5.84 Å². The molecule has 3 N–H and O–H groups in total. The molecule has 4 heteroatoms. The van der Waals surface area contributed by atoms with Gasteiger partial charge in [-0.2, -0.15) is 0 Å². The molecule has 4 nitrogen and oxygen atoms in total. The third-order valence-electron chi connectivity index (χ3n) is 2.87. The molecule has 0 bridgehead atoms. The summed E-state index contributed by atoms with van der Waals surface area (Å²) in [5, 5.41) is 0. The van der Waals surface area contributed by atoms with Gasteiger partial charge in [-0.05, 0) is 36.8 Å². The van der Waals surface area contributed by atoms with Gasteiger partial charge in [0.05, 0.1) is 0 Å². The quantitative estimate of drug-likeness (QED) is 0.638. The molecule has 18 heavy (non-hydrogen) atoms. The second-order valence-corrected chi connectivity index (χ2v) is 4.39. The first-order chi connectivity index (χ1) is 8.69. The molecule has 1 heterocycles. The predicted octanol–water partition coefficient (Wildman–Crippen LogP) is 2.31. The van der Waals surface area contributed by atoms with E-state index in [1.165, 1.54) is 16.8 Å². The van der Waals surface area contributed by atoms with E-state index in [1.54, 1.807) is 6.20 Å². The number of anilines is 2. The van der Waals surface area contributed by atoms with E-state index in [0.29, 0.717) is 5.82 Å². The zero-order valence-electron chi connectivity index (χ0n) is 10.7. The van der Waals surface area contributed by atoms with E-state index in [9.17, 15) is 0 Å². The predicted molar refractivity (Wildman–Crippen MR) is 75.3 cm³/mol. The smallest absolute Gasteiger partial charge is 0.140 e. The van der Waals surface area contributed by atoms with Gasteiger partial charge < -0.3 is 10.3 Å². The molecule has 0 spiro atoms. The maximum atomic E-state index is 5.35. The summed E-state index contributed by atoms with van der Waals surface area (Å²) in [5.41, 5.74) is 6.19. The molecule has 94 valence electrons. The monoisotopic (exact) mass is 242 g/mol. The Kier molecular flexibility index (Phi) is 3.79. The number of rotatable bonds is 4. The molecular weight excluding hydrogens is 224 g/mol. The van der Waals surface area contributed by atoms with Gasteiger partial charge in [0.15, 0.2) is 0 Å². The van der Waals surface area contributed by atoms with Crippen LogP contribution >= 0.6 is 0 Å². The van der Waals surface area contributed by atoms with Crippen molar-refractivity contribution in [3.8, 4) is 0 Å². The van der Waals surface area contributed by atoms with E-state index in [2.05, 4.69) is 53.5 Å². The van der Waals surface area contributed by atoms with E-state index >= 15 is 0 Å². The molecule has 0 saturated heterocycles. The zero-order valence-corrected chi connectivity index (χ0v) is 10.7. The van der Waals surface area contributed by atoms with Gasteiger partial charge in [0, 0.05) is 25.5 Å². The van der Waals surface area contributed by atoms with Crippen molar-refractivity contribution >= 4 is 11.5 Å². The molecule has 0 radical (unpaired) electrons. The zero-order chi connectivity index (χ0) is 13.0. The number of hydrogen-bond acceptors (Lipinski definition) is 4. The lowest BCUT2D eigenvalue weighted by Crippen LogP contribution is -2.17. The van der Waals surface area contributed by atoms with Crippen molar-refractivity contribution in [1.82, 2.24) is 4.98 Å². The summed E-state index contributed by atoms with van der Waals surface area (Å²) in [7, 11) is 2.07. The standard InChI is InChI=1S/C14H18N4/c1-11-3-5-13(6-4-11)18(2)10-12-7-8-16-14(9-12)17-15/h3-9H,10,15H2,1-2H3,(H,16,17). The van der Waals surface area contributed by atoms with Crippen molar-refractivity contribution in [3.63, 3.8) is 0 Å². The number of pyridine rings is 1. The second kappa shape index (κ2) is 5.51. The lowest BCUT2D eigenvalue weighted by atomic mass is 10.2. The Morgan fingerprint density at radius 2 is 1.94 bits per heavy atom. The van der Waals surface area contributed by atoms with Crippen LogP contribution in [0.5, 0.6) is 0 Å². The summed E-state index contributed by atoms with van der Waals surface area (Å²) in [6.45, 7) is 2.91. The fourth-order valence-electron chi connectivity index (χ4n) is 1.82. The molecular formula is C14H18N4. The van der Waals surface area contributed by atoms with Crippen molar-refractivity contribution in [1.29, 1.82) is 0 Å². The van der Waals surface area contributed by atoms with Gasteiger partial charge in [-0.3, -0.25) is 0 Å². The number of nitrogens with one attached hydrogen (secondary N) is 1. The average Bonchev–Trinajstić information content (AvgIpc) is 2.39. The SMILES string of the molecule is Cc1ccc(N(C)Cc2ccnc(NN)c2)cc1. The third-order valence-corrected chi connectivity index (χ3v) is 2.87. The number of aryl methyl sites for hydroxylation is 1. The molecule has 0 atom stereocenters. The number of benzene rings is 1. The normalized spacial score (nSPS) is 10.2. The number of hydrazine groups is 1. The van der Waals surface area contributed by atoms with Gasteiger partial charge in [0.2, 0.25) is 0 Å². The highest BCUT2D eigenvalue weighted by Gasteiger charge is 2.02. The minimum atomic E-state index is 0.685. The Morgan fingerprint density at radius 1 is 1.22 bits per heavy atom. The molecule has 0 aliphatic carbocycles. The Bertz CT molecular complexity index is 507. The molecule has 0 saturated carbocycles. The van der Waals surface area contributed by atoms with E-state index < -0.39 is 0 Å². The summed E-state index contributed by atoms with van der Waals surface area (Å²) in [6, 6.07) is 12.4. The number of nitrogens with zero attached hydrogens (tertiary/aromatic N) is 2. The van der Waals surface area contributed by atoms with E-state index in [-0.39, 0.29) is 0 Å². The number of nitrogen functional groups attached to an aromatic ring is 1. The summed E-state index contributed by atoms with van der Waals surface area (Å²) in [6.07, 6.45) is 1.76. The Balaban J connectivity index is 2.10. The van der Waals surface area contributed by atoms with Gasteiger partial charge in [-0.1, -0.05) is 17.7 Å². The Morgan fingerprint density at radius 3 is 2.61 bits per heavy atom. The van der Waals surface area contributed by atoms with Crippen LogP contribution < -0.4 is 16.2 Å². The summed E-state index contributed by atoms with van der Waals surface area (Å²) < 4.78 is 0. The van der Waals surface area contributed by atoms with Gasteiger partial charge in [0.1, 0.15) is 5.82 Å². The average molecular weight is 242 g/mol. The van der Waals surface area contributed by atoms with Crippen LogP contribution in [0.15, 0.2) is 42.6 Å². The van der Waals surface area contributed by atoms with Crippen LogP contribution in [0.2, 0.25) is 0 Å². The molecule has 1 aromatic carbocycles. The minimum Gasteiger partial charge on any atom is -0.370 e. The van der Waals surface area contributed by atoms with Crippen molar-refractivity contribution in [2.45, 2.75) is 13.5 Å². The molecule has 0 unspecified atom stereocenters. The van der Waals surface area contributed by atoms with Crippen LogP contribution in [0, 0.1) is 6.92 Å². The summed E-state index contributed by atoms with van der Waals surface area (Å²) in [5.74, 6) is 6.04. The van der Waals surface area contributed by atoms with Crippen molar-refractivity contribution in [2.24, 2.45) is 5.84 Å². The topological polar surface area (TPSA) is 54.2 Å². The second-order valence-electron chi connectivity index (χ2n) is 4.39. The highest BCUT2D eigenvalue weighted by molar-refractivity contribution is 5.48. The highest BCUT2D eigenvalue weighted by atomic mass is 15.2. The van der Waals surface area contributed by atoms with Crippen LogP contribution in [-0.2, 0) is 6.54 Å². The number of nitrogens with two attached hydrogens (primary N) is 1. The van der Waals surface area contributed by atoms with Gasteiger partial charge in [-0.25, -0.2) is 10.8 Å². The molecule has 2 rings (SSSR count). The van der Waals surface area contributed by atoms with Gasteiger partial charge >= 0.3 is 0 Å². The van der Waals surface area contributed by atoms with Crippen molar-refractivity contribution in [2.75, 3.05) is 17.4 Å². The summed E-state index contributed by atoms with van der Waals surface area (Å²) in [4.78, 5) is 6.28. The lowest BCUT2D eigenvalue weighted by Gasteiger charge is -2.19. The first-order valence-electron chi connectivity index (χ1n) is 5.88. The molecule has 0 aliphatic rings. The lowest BCUT2D eigenvalue weighted by molar-refractivity contribution is 0.919. The minimum absolute atomic E-state index is 0.685. The first-order valence-corrected chi connectivity index (χ1v) is 5.88. The van der Waals surface area contributed by atoms with Crippen molar-refractivity contribution in [3.05, 3.63) is 53.7 Å². The largest absolute Gasteiger partial charge is 0.370 e. The molecule has 1 aromatic heterocycles. The molecule has 2 aromatic rings. The molecule has 0 fully saturated rings. The first kappa shape index (κ1) is 12.4. The van der Waals surface area contributed by atoms with Gasteiger partial charge in [-0.15, -0.1) is 0 Å². The number of hydrogen-bond donors (Lipinski definition) is 2. The van der Waals surface area contributed by atoms with Crippen LogP contribution in [0.4, 0.5) is 11.5 Å². The maximum Gasteiger partial charge on any atom is 0.140 e. The van der Waals surface area contributed by atoms with E-state index in [0.717, 1.165) is 6.54 Å². The summed E-state index contributed by atoms with van der Waals surface area (Å²) >= 11 is 0. The van der Waals surface area contributed by atoms with Crippen LogP contribution in [-0.4, -0.2) is 12.0 Å². The molecule has 0 aliphatic heterocycles. The van der Waals surface area contributed by atoms with E-state index in [1.807, 2.05) is 12.1 Å². The fourth-order valence-corrected chi connectivity index (χ4v) is 1.82. The maximum absolute atomic E-state index is 5.35. The van der Waals surface area contributed by atoms with Crippen LogP contribution in [0.1, 0.15) is 11.1 Å². The van der Waals surface area contributed by atoms with Gasteiger partial charge in [0.25, 0.3) is 0 Å². The number of aromatic nitrogens is 1. The fraction of sp³-hybridized carbons (Fsp3) is 0.214.